The Kier molecular flexibility index (Phi) is 8.92. The second kappa shape index (κ2) is 13.5. The van der Waals surface area contributed by atoms with E-state index in [4.69, 9.17) is 9.47 Å². The summed E-state index contributed by atoms with van der Waals surface area (Å²) in [5.41, 5.74) is 5.23. The van der Waals surface area contributed by atoms with E-state index in [1.165, 1.54) is 0 Å². The Labute approximate surface area is 267 Å². The second-order valence-electron chi connectivity index (χ2n) is 11.2. The number of hydrogen-bond acceptors (Lipinski definition) is 5. The number of carbonyl (C=O) groups is 3. The van der Waals surface area contributed by atoms with E-state index in [0.29, 0.717) is 0 Å². The smallest absolute Gasteiger partial charge is 0.407 e. The average molecular weight is 612 g/mol. The van der Waals surface area contributed by atoms with Crippen LogP contribution in [0.1, 0.15) is 46.6 Å². The van der Waals surface area contributed by atoms with Crippen LogP contribution in [0, 0.1) is 0 Å². The number of nitrogens with one attached hydrogen (secondary N) is 1. The van der Waals surface area contributed by atoms with Crippen LogP contribution in [0.5, 0.6) is 0 Å². The summed E-state index contributed by atoms with van der Waals surface area (Å²) >= 11 is 0. The summed E-state index contributed by atoms with van der Waals surface area (Å²) in [6.07, 6.45) is -1.31. The van der Waals surface area contributed by atoms with Gasteiger partial charge in [-0.2, -0.15) is 0 Å². The molecule has 0 bridgehead atoms. The highest BCUT2D eigenvalue weighted by atomic mass is 16.6. The van der Waals surface area contributed by atoms with Crippen LogP contribution < -0.4 is 5.32 Å². The summed E-state index contributed by atoms with van der Waals surface area (Å²) in [6, 6.07) is 42.9. The molecule has 5 aromatic rings. The quantitative estimate of drug-likeness (QED) is 0.120. The van der Waals surface area contributed by atoms with Crippen molar-refractivity contribution in [3.8, 4) is 11.1 Å². The lowest BCUT2D eigenvalue weighted by Crippen LogP contribution is -2.42. The highest BCUT2D eigenvalue weighted by Crippen LogP contribution is 2.44. The lowest BCUT2D eigenvalue weighted by molar-refractivity contribution is -0.154. The van der Waals surface area contributed by atoms with Crippen LogP contribution in [0.2, 0.25) is 0 Å². The van der Waals surface area contributed by atoms with Gasteiger partial charge in [-0.05, 0) is 28.7 Å². The molecule has 6 rings (SSSR count). The molecule has 1 atom stereocenters. The minimum absolute atomic E-state index is 0.0436. The third-order valence-corrected chi connectivity index (χ3v) is 8.38. The van der Waals surface area contributed by atoms with E-state index in [1.807, 2.05) is 140 Å². The van der Waals surface area contributed by atoms with Crippen LogP contribution in [-0.4, -0.2) is 35.8 Å². The summed E-state index contributed by atoms with van der Waals surface area (Å²) in [5.74, 6) is -2.06. The number of hydrogen-bond donors (Lipinski definition) is 2. The first kappa shape index (κ1) is 30.3. The number of rotatable bonds is 11. The molecule has 5 aromatic carbocycles. The third kappa shape index (κ3) is 6.13. The summed E-state index contributed by atoms with van der Waals surface area (Å²) in [4.78, 5) is 38.6. The van der Waals surface area contributed by atoms with Gasteiger partial charge in [0.05, 0.1) is 0 Å². The fourth-order valence-electron chi connectivity index (χ4n) is 6.22. The molecule has 0 heterocycles. The maximum atomic E-state index is 13.6. The number of fused-ring (bicyclic) bond motifs is 3. The van der Waals surface area contributed by atoms with E-state index in [1.54, 1.807) is 0 Å². The summed E-state index contributed by atoms with van der Waals surface area (Å²) in [7, 11) is 0. The molecule has 0 spiro atoms. The Morgan fingerprint density at radius 3 is 1.54 bits per heavy atom. The Bertz CT molecular complexity index is 1680. The van der Waals surface area contributed by atoms with Crippen molar-refractivity contribution in [2.45, 2.75) is 30.4 Å². The highest BCUT2D eigenvalue weighted by Gasteiger charge is 2.40. The van der Waals surface area contributed by atoms with Crippen molar-refractivity contribution in [1.82, 2.24) is 5.32 Å². The lowest BCUT2D eigenvalue weighted by Gasteiger charge is -2.35. The minimum atomic E-state index is -1.36. The second-order valence-corrected chi connectivity index (χ2v) is 11.2. The number of aliphatic carboxylic acids is 1. The monoisotopic (exact) mass is 611 g/mol. The number of ether oxygens (including phenoxy) is 2. The van der Waals surface area contributed by atoms with Gasteiger partial charge in [-0.15, -0.1) is 0 Å². The molecule has 0 saturated heterocycles. The van der Waals surface area contributed by atoms with Gasteiger partial charge < -0.3 is 19.9 Å². The largest absolute Gasteiger partial charge is 0.480 e. The van der Waals surface area contributed by atoms with Crippen LogP contribution in [0.3, 0.4) is 0 Å². The molecule has 0 fully saturated rings. The van der Waals surface area contributed by atoms with Gasteiger partial charge in [0.25, 0.3) is 0 Å². The van der Waals surface area contributed by atoms with Crippen molar-refractivity contribution < 1.29 is 29.0 Å². The zero-order valence-electron chi connectivity index (χ0n) is 25.0. The number of alkyl carbamates (subject to hydrolysis) is 1. The van der Waals surface area contributed by atoms with Crippen LogP contribution in [0.25, 0.3) is 11.1 Å². The molecular weight excluding hydrogens is 578 g/mol. The third-order valence-electron chi connectivity index (χ3n) is 8.38. The van der Waals surface area contributed by atoms with Gasteiger partial charge in [0.2, 0.25) is 0 Å². The van der Waals surface area contributed by atoms with Crippen LogP contribution >= 0.6 is 0 Å². The molecule has 1 amide bonds. The van der Waals surface area contributed by atoms with Gasteiger partial charge in [0.15, 0.2) is 5.60 Å². The number of carboxylic acids is 1. The minimum Gasteiger partial charge on any atom is -0.480 e. The van der Waals surface area contributed by atoms with Crippen LogP contribution in [-0.2, 0) is 24.7 Å². The predicted molar refractivity (Wildman–Crippen MR) is 174 cm³/mol. The van der Waals surface area contributed by atoms with Gasteiger partial charge in [0, 0.05) is 29.0 Å². The van der Waals surface area contributed by atoms with E-state index in [0.717, 1.165) is 38.9 Å². The zero-order valence-corrected chi connectivity index (χ0v) is 25.0. The summed E-state index contributed by atoms with van der Waals surface area (Å²) in [5, 5.41) is 12.4. The molecule has 0 saturated carbocycles. The molecule has 1 aliphatic rings. The number of carboxylic acid groups (broad SMARTS) is 1. The molecule has 230 valence electrons. The molecule has 0 aliphatic heterocycles. The first-order valence-electron chi connectivity index (χ1n) is 15.2. The van der Waals surface area contributed by atoms with Gasteiger partial charge in [-0.25, -0.2) is 9.59 Å². The summed E-state index contributed by atoms with van der Waals surface area (Å²) in [6.45, 7) is 0.0436. The molecule has 7 heteroatoms. The Hall–Kier alpha value is -5.69. The first-order chi connectivity index (χ1) is 22.5. The van der Waals surface area contributed by atoms with Gasteiger partial charge in [-0.1, -0.05) is 140 Å². The van der Waals surface area contributed by atoms with Crippen molar-refractivity contribution in [3.05, 3.63) is 167 Å². The standard InChI is InChI=1S/C39H33NO6/c41-36(46-39(27-14-4-1-5-15-27,28-16-6-2-7-17-28)29-18-8-3-9-19-29)25-24-35(37(42)43)40-38(44)45-26-34-32-22-12-10-20-30(32)31-21-11-13-23-33(31)34/h1-23,34-35H,24-26H2,(H,40,44)(H,42,43)/t35-/m1/s1. The van der Waals surface area contributed by atoms with E-state index >= 15 is 0 Å². The first-order valence-corrected chi connectivity index (χ1v) is 15.2. The van der Waals surface area contributed by atoms with E-state index in [9.17, 15) is 19.5 Å². The van der Waals surface area contributed by atoms with Crippen molar-refractivity contribution in [2.75, 3.05) is 6.61 Å². The highest BCUT2D eigenvalue weighted by molar-refractivity contribution is 5.82. The normalized spacial score (nSPS) is 12.8. The predicted octanol–water partition coefficient (Wildman–Crippen LogP) is 7.29. The van der Waals surface area contributed by atoms with Crippen LogP contribution in [0.15, 0.2) is 140 Å². The average Bonchev–Trinajstić information content (AvgIpc) is 3.42. The van der Waals surface area contributed by atoms with Gasteiger partial charge in [-0.3, -0.25) is 4.79 Å². The van der Waals surface area contributed by atoms with E-state index in [-0.39, 0.29) is 25.4 Å². The SMILES string of the molecule is O=C(CC[C@@H](NC(=O)OCC1c2ccccc2-c2ccccc21)C(=O)O)OC(c1ccccc1)(c1ccccc1)c1ccccc1. The Morgan fingerprint density at radius 1 is 0.652 bits per heavy atom. The molecule has 7 nitrogen and oxygen atoms in total. The van der Waals surface area contributed by atoms with Crippen molar-refractivity contribution >= 4 is 18.0 Å². The molecular formula is C39H33NO6. The number of benzene rings is 5. The van der Waals surface area contributed by atoms with E-state index in [2.05, 4.69) is 5.32 Å². The van der Waals surface area contributed by atoms with Crippen molar-refractivity contribution in [3.63, 3.8) is 0 Å². The molecule has 0 aromatic heterocycles. The van der Waals surface area contributed by atoms with E-state index < -0.39 is 29.7 Å². The van der Waals surface area contributed by atoms with Gasteiger partial charge >= 0.3 is 18.0 Å². The zero-order chi connectivity index (χ0) is 31.9. The van der Waals surface area contributed by atoms with Gasteiger partial charge in [0.1, 0.15) is 12.6 Å². The molecule has 46 heavy (non-hydrogen) atoms. The van der Waals surface area contributed by atoms with Crippen LogP contribution in [0.4, 0.5) is 4.79 Å². The van der Waals surface area contributed by atoms with Crippen molar-refractivity contribution in [1.29, 1.82) is 0 Å². The maximum Gasteiger partial charge on any atom is 0.407 e. The maximum absolute atomic E-state index is 13.6. The topological polar surface area (TPSA) is 102 Å². The Balaban J connectivity index is 1.15. The summed E-state index contributed by atoms with van der Waals surface area (Å²) < 4.78 is 11.9. The number of amides is 1. The number of carbonyl (C=O) groups excluding carboxylic acids is 2. The number of esters is 1. The molecule has 0 unspecified atom stereocenters. The molecule has 1 aliphatic carbocycles. The van der Waals surface area contributed by atoms with Crippen molar-refractivity contribution in [2.24, 2.45) is 0 Å². The fraction of sp³-hybridized carbons (Fsp3) is 0.154. The lowest BCUT2D eigenvalue weighted by atomic mass is 9.80. The Morgan fingerprint density at radius 2 is 1.09 bits per heavy atom. The fourth-order valence-corrected chi connectivity index (χ4v) is 6.22. The molecule has 0 radical (unpaired) electrons. The molecule has 2 N–H and O–H groups in total.